The van der Waals surface area contributed by atoms with E-state index in [2.05, 4.69) is 10.6 Å². The van der Waals surface area contributed by atoms with Crippen molar-refractivity contribution in [2.24, 2.45) is 0 Å². The van der Waals surface area contributed by atoms with Crippen LogP contribution >= 0.6 is 0 Å². The average Bonchev–Trinajstić information content (AvgIpc) is 2.05. The Bertz CT molecular complexity index is 189. The lowest BCUT2D eigenvalue weighted by molar-refractivity contribution is -0.117. The van der Waals surface area contributed by atoms with Gasteiger partial charge in [0.05, 0.1) is 6.04 Å². The fraction of sp³-hybridized carbons (Fsp3) is 0.667. The zero-order valence-corrected chi connectivity index (χ0v) is 7.63. The lowest BCUT2D eigenvalue weighted by Gasteiger charge is -2.29. The number of nitrogens with one attached hydrogen (secondary N) is 2. The molecule has 0 aromatic carbocycles. The van der Waals surface area contributed by atoms with E-state index in [4.69, 9.17) is 0 Å². The molecule has 0 aliphatic carbocycles. The second-order valence-corrected chi connectivity index (χ2v) is 3.08. The topological polar surface area (TPSA) is 41.1 Å². The molecular weight excluding hydrogens is 152 g/mol. The van der Waals surface area contributed by atoms with Gasteiger partial charge in [0.2, 0.25) is 0 Å². The molecule has 0 spiro atoms. The fourth-order valence-electron chi connectivity index (χ4n) is 1.44. The van der Waals surface area contributed by atoms with Gasteiger partial charge in [-0.1, -0.05) is 6.08 Å². The summed E-state index contributed by atoms with van der Waals surface area (Å²) in [5, 5.41) is 6.44. The summed E-state index contributed by atoms with van der Waals surface area (Å²) in [6.07, 6.45) is 3.41. The van der Waals surface area contributed by atoms with Crippen LogP contribution in [0.25, 0.3) is 0 Å². The van der Waals surface area contributed by atoms with Crippen molar-refractivity contribution in [2.45, 2.75) is 25.9 Å². The normalized spacial score (nSPS) is 30.8. The molecule has 0 saturated carbocycles. The van der Waals surface area contributed by atoms with Gasteiger partial charge in [-0.05, 0) is 19.9 Å². The summed E-state index contributed by atoms with van der Waals surface area (Å²) < 4.78 is 0. The molecule has 1 saturated heterocycles. The molecule has 0 amide bonds. The van der Waals surface area contributed by atoms with Crippen molar-refractivity contribution in [3.05, 3.63) is 12.2 Å². The van der Waals surface area contributed by atoms with Gasteiger partial charge in [0.25, 0.3) is 0 Å². The van der Waals surface area contributed by atoms with E-state index in [9.17, 15) is 4.79 Å². The molecule has 0 bridgehead atoms. The number of rotatable bonds is 2. The molecule has 2 atom stereocenters. The van der Waals surface area contributed by atoms with E-state index >= 15 is 0 Å². The summed E-state index contributed by atoms with van der Waals surface area (Å²) in [6.45, 7) is 5.70. The second-order valence-electron chi connectivity index (χ2n) is 3.08. The quantitative estimate of drug-likeness (QED) is 0.574. The van der Waals surface area contributed by atoms with Gasteiger partial charge in [0.1, 0.15) is 0 Å². The molecule has 68 valence electrons. The number of allylic oxidation sites excluding steroid dienone is 1. The highest BCUT2D eigenvalue weighted by atomic mass is 16.1. The average molecular weight is 168 g/mol. The van der Waals surface area contributed by atoms with Crippen molar-refractivity contribution < 1.29 is 4.79 Å². The molecule has 0 aromatic heterocycles. The van der Waals surface area contributed by atoms with Crippen LogP contribution in [0.2, 0.25) is 0 Å². The number of carbonyl (C=O) groups is 1. The summed E-state index contributed by atoms with van der Waals surface area (Å²) >= 11 is 0. The van der Waals surface area contributed by atoms with Gasteiger partial charge < -0.3 is 10.6 Å². The maximum absolute atomic E-state index is 11.4. The molecule has 12 heavy (non-hydrogen) atoms. The van der Waals surface area contributed by atoms with E-state index in [0.29, 0.717) is 0 Å². The van der Waals surface area contributed by atoms with Crippen LogP contribution in [0, 0.1) is 0 Å². The van der Waals surface area contributed by atoms with Gasteiger partial charge in [0.15, 0.2) is 5.78 Å². The standard InChI is InChI=1S/C9H16N2O/c1-3-4-8(12)9-7(2)10-5-6-11-9/h3-4,7,9-11H,5-6H2,1-2H3. The maximum Gasteiger partial charge on any atom is 0.173 e. The van der Waals surface area contributed by atoms with Gasteiger partial charge in [-0.2, -0.15) is 0 Å². The predicted molar refractivity (Wildman–Crippen MR) is 49.1 cm³/mol. The molecule has 2 N–H and O–H groups in total. The highest BCUT2D eigenvalue weighted by molar-refractivity contribution is 5.94. The highest BCUT2D eigenvalue weighted by Crippen LogP contribution is 1.99. The van der Waals surface area contributed by atoms with E-state index < -0.39 is 0 Å². The van der Waals surface area contributed by atoms with E-state index in [1.807, 2.05) is 13.8 Å². The Balaban J connectivity index is 2.53. The minimum atomic E-state index is -0.0463. The first-order chi connectivity index (χ1) is 5.75. The fourth-order valence-corrected chi connectivity index (χ4v) is 1.44. The van der Waals surface area contributed by atoms with Crippen LogP contribution in [0.15, 0.2) is 12.2 Å². The van der Waals surface area contributed by atoms with Gasteiger partial charge >= 0.3 is 0 Å². The molecule has 1 aliphatic heterocycles. The molecule has 1 fully saturated rings. The molecular formula is C9H16N2O. The molecule has 1 rings (SSSR count). The third-order valence-corrected chi connectivity index (χ3v) is 2.09. The Hall–Kier alpha value is -0.670. The van der Waals surface area contributed by atoms with Gasteiger partial charge in [0, 0.05) is 19.1 Å². The van der Waals surface area contributed by atoms with Crippen LogP contribution in [-0.4, -0.2) is 31.0 Å². The molecule has 3 heteroatoms. The maximum atomic E-state index is 11.4. The summed E-state index contributed by atoms with van der Waals surface area (Å²) in [4.78, 5) is 11.4. The summed E-state index contributed by atoms with van der Waals surface area (Å²) in [7, 11) is 0. The zero-order valence-electron chi connectivity index (χ0n) is 7.63. The van der Waals surface area contributed by atoms with Crippen LogP contribution in [0.5, 0.6) is 0 Å². The van der Waals surface area contributed by atoms with Crippen LogP contribution in [0.3, 0.4) is 0 Å². The summed E-state index contributed by atoms with van der Waals surface area (Å²) in [5.74, 6) is 0.164. The van der Waals surface area contributed by atoms with Crippen molar-refractivity contribution in [3.63, 3.8) is 0 Å². The number of carbonyl (C=O) groups excluding carboxylic acids is 1. The first-order valence-corrected chi connectivity index (χ1v) is 4.39. The largest absolute Gasteiger partial charge is 0.311 e. The third-order valence-electron chi connectivity index (χ3n) is 2.09. The predicted octanol–water partition coefficient (Wildman–Crippen LogP) is 0.0815. The molecule has 0 aromatic rings. The van der Waals surface area contributed by atoms with E-state index in [1.165, 1.54) is 0 Å². The van der Waals surface area contributed by atoms with Crippen LogP contribution in [0.1, 0.15) is 13.8 Å². The molecule has 0 radical (unpaired) electrons. The monoisotopic (exact) mass is 168 g/mol. The number of hydrogen-bond donors (Lipinski definition) is 2. The number of ketones is 1. The molecule has 1 aliphatic rings. The Morgan fingerprint density at radius 3 is 2.67 bits per heavy atom. The Labute approximate surface area is 73.2 Å². The van der Waals surface area contributed by atoms with Crippen LogP contribution in [-0.2, 0) is 4.79 Å². The molecule has 2 unspecified atom stereocenters. The SMILES string of the molecule is CC=CC(=O)C1NCCNC1C. The van der Waals surface area contributed by atoms with Crippen molar-refractivity contribution >= 4 is 5.78 Å². The van der Waals surface area contributed by atoms with E-state index in [0.717, 1.165) is 13.1 Å². The lowest BCUT2D eigenvalue weighted by atomic mass is 10.0. The summed E-state index contributed by atoms with van der Waals surface area (Å²) in [6, 6.07) is 0.192. The zero-order chi connectivity index (χ0) is 8.97. The van der Waals surface area contributed by atoms with Crippen LogP contribution < -0.4 is 10.6 Å². The highest BCUT2D eigenvalue weighted by Gasteiger charge is 2.24. The Kier molecular flexibility index (Phi) is 3.44. The minimum Gasteiger partial charge on any atom is -0.311 e. The Morgan fingerprint density at radius 1 is 1.42 bits per heavy atom. The van der Waals surface area contributed by atoms with E-state index in [1.54, 1.807) is 12.2 Å². The summed E-state index contributed by atoms with van der Waals surface area (Å²) in [5.41, 5.74) is 0. The van der Waals surface area contributed by atoms with Crippen molar-refractivity contribution in [1.29, 1.82) is 0 Å². The lowest BCUT2D eigenvalue weighted by Crippen LogP contribution is -2.57. The molecule has 1 heterocycles. The first kappa shape index (κ1) is 9.42. The van der Waals surface area contributed by atoms with Gasteiger partial charge in [-0.15, -0.1) is 0 Å². The first-order valence-electron chi connectivity index (χ1n) is 4.39. The third kappa shape index (κ3) is 2.16. The number of hydrogen-bond acceptors (Lipinski definition) is 3. The van der Waals surface area contributed by atoms with Gasteiger partial charge in [-0.3, -0.25) is 4.79 Å². The second kappa shape index (κ2) is 4.38. The Morgan fingerprint density at radius 2 is 2.08 bits per heavy atom. The van der Waals surface area contributed by atoms with Crippen molar-refractivity contribution in [3.8, 4) is 0 Å². The van der Waals surface area contributed by atoms with Gasteiger partial charge in [-0.25, -0.2) is 0 Å². The van der Waals surface area contributed by atoms with E-state index in [-0.39, 0.29) is 17.9 Å². The van der Waals surface area contributed by atoms with Crippen molar-refractivity contribution in [2.75, 3.05) is 13.1 Å². The van der Waals surface area contributed by atoms with Crippen LogP contribution in [0.4, 0.5) is 0 Å². The van der Waals surface area contributed by atoms with Crippen molar-refractivity contribution in [1.82, 2.24) is 10.6 Å². The molecule has 3 nitrogen and oxygen atoms in total. The number of piperazine rings is 1. The minimum absolute atomic E-state index is 0.0463. The smallest absolute Gasteiger partial charge is 0.173 e.